The van der Waals surface area contributed by atoms with Crippen LogP contribution in [0.1, 0.15) is 67.1 Å². The fourth-order valence-corrected chi connectivity index (χ4v) is 5.25. The molecule has 0 aliphatic heterocycles. The summed E-state index contributed by atoms with van der Waals surface area (Å²) < 4.78 is 5.20. The van der Waals surface area contributed by atoms with Crippen LogP contribution in [0.3, 0.4) is 0 Å². The first-order valence-electron chi connectivity index (χ1n) is 14.1. The minimum Gasteiger partial charge on any atom is -0.444 e. The van der Waals surface area contributed by atoms with Gasteiger partial charge in [-0.2, -0.15) is 0 Å². The fraction of sp³-hybridized carbons (Fsp3) is 0.483. The largest absolute Gasteiger partial charge is 0.444 e. The Balaban J connectivity index is 1.50. The molecule has 4 N–H and O–H groups in total. The molecule has 3 rings (SSSR count). The molecule has 0 bridgehead atoms. The zero-order valence-electron chi connectivity index (χ0n) is 24.6. The van der Waals surface area contributed by atoms with E-state index in [0.29, 0.717) is 44.8 Å². The number of urea groups is 1. The molecule has 1 aromatic carbocycles. The van der Waals surface area contributed by atoms with Crippen LogP contribution in [0.5, 0.6) is 0 Å². The summed E-state index contributed by atoms with van der Waals surface area (Å²) in [6, 6.07) is 8.83. The first-order chi connectivity index (χ1) is 20.2. The van der Waals surface area contributed by atoms with Gasteiger partial charge in [-0.3, -0.25) is 15.1 Å². The Morgan fingerprint density at radius 3 is 2.55 bits per heavy atom. The van der Waals surface area contributed by atoms with Gasteiger partial charge in [0.2, 0.25) is 5.91 Å². The maximum absolute atomic E-state index is 13.2. The smallest absolute Gasteiger partial charge is 0.407 e. The van der Waals surface area contributed by atoms with Crippen LogP contribution in [0.4, 0.5) is 9.59 Å². The van der Waals surface area contributed by atoms with Crippen LogP contribution in [-0.4, -0.2) is 58.7 Å². The van der Waals surface area contributed by atoms with Crippen molar-refractivity contribution in [3.05, 3.63) is 68.6 Å². The second-order valence-corrected chi connectivity index (χ2v) is 12.0. The van der Waals surface area contributed by atoms with Crippen LogP contribution in [-0.2, 0) is 29.2 Å². The average molecular weight is 616 g/mol. The number of alkyl carbamates (subject to hydrolysis) is 1. The van der Waals surface area contributed by atoms with E-state index < -0.39 is 12.1 Å². The van der Waals surface area contributed by atoms with Crippen LogP contribution in [0.25, 0.3) is 0 Å². The second-order valence-electron chi connectivity index (χ2n) is 10.1. The van der Waals surface area contributed by atoms with Gasteiger partial charge in [-0.05, 0) is 24.8 Å². The molecular formula is C29H41N7O4S2. The van der Waals surface area contributed by atoms with Crippen molar-refractivity contribution in [2.75, 3.05) is 13.6 Å². The van der Waals surface area contributed by atoms with Crippen molar-refractivity contribution in [3.8, 4) is 0 Å². The quantitative estimate of drug-likeness (QED) is 0.137. The normalized spacial score (nSPS) is 12.4. The first-order valence-corrected chi connectivity index (χ1v) is 15.8. The van der Waals surface area contributed by atoms with Crippen LogP contribution in [0.15, 0.2) is 47.4 Å². The van der Waals surface area contributed by atoms with Crippen molar-refractivity contribution in [2.24, 2.45) is 0 Å². The van der Waals surface area contributed by atoms with E-state index in [0.717, 1.165) is 21.1 Å². The van der Waals surface area contributed by atoms with E-state index >= 15 is 0 Å². The number of thiazole rings is 2. The summed E-state index contributed by atoms with van der Waals surface area (Å²) in [5.41, 5.74) is 3.58. The SMILES string of the molecule is CC[C@H](NC(=O)N(C)Cc1csc(C(C)C)n1)C(=O)NC(CCCNC(=O)OCc1cncs1)NCc1ccccc1. The highest BCUT2D eigenvalue weighted by Crippen LogP contribution is 2.19. The highest BCUT2D eigenvalue weighted by molar-refractivity contribution is 7.09. The van der Waals surface area contributed by atoms with Gasteiger partial charge in [-0.1, -0.05) is 51.1 Å². The summed E-state index contributed by atoms with van der Waals surface area (Å²) in [7, 11) is 1.69. The molecule has 0 aliphatic carbocycles. The Hall–Kier alpha value is -3.55. The average Bonchev–Trinajstić information content (AvgIpc) is 3.68. The molecule has 42 heavy (non-hydrogen) atoms. The summed E-state index contributed by atoms with van der Waals surface area (Å²) in [5.74, 6) is 0.0516. The van der Waals surface area contributed by atoms with Crippen LogP contribution >= 0.6 is 22.7 Å². The molecule has 0 saturated heterocycles. The minimum atomic E-state index is -0.706. The molecule has 3 aromatic rings. The van der Waals surface area contributed by atoms with Gasteiger partial charge in [0.25, 0.3) is 0 Å². The second kappa shape index (κ2) is 17.4. The molecule has 2 heterocycles. The van der Waals surface area contributed by atoms with E-state index in [1.807, 2.05) is 42.6 Å². The lowest BCUT2D eigenvalue weighted by Gasteiger charge is -2.25. The van der Waals surface area contributed by atoms with E-state index in [1.54, 1.807) is 30.1 Å². The van der Waals surface area contributed by atoms with Crippen molar-refractivity contribution >= 4 is 40.7 Å². The number of carbonyl (C=O) groups excluding carboxylic acids is 3. The van der Waals surface area contributed by atoms with Gasteiger partial charge in [0.1, 0.15) is 12.6 Å². The van der Waals surface area contributed by atoms with Crippen molar-refractivity contribution in [1.82, 2.24) is 36.1 Å². The predicted molar refractivity (Wildman–Crippen MR) is 165 cm³/mol. The van der Waals surface area contributed by atoms with E-state index in [9.17, 15) is 14.4 Å². The summed E-state index contributed by atoms with van der Waals surface area (Å²) >= 11 is 3.00. The fourth-order valence-electron chi connectivity index (χ4n) is 3.92. The molecule has 1 unspecified atom stereocenters. The number of hydrogen-bond donors (Lipinski definition) is 4. The minimum absolute atomic E-state index is 0.176. The number of amides is 4. The topological polar surface area (TPSA) is 138 Å². The molecule has 0 spiro atoms. The predicted octanol–water partition coefficient (Wildman–Crippen LogP) is 4.58. The number of hydrogen-bond acceptors (Lipinski definition) is 9. The molecular weight excluding hydrogens is 574 g/mol. The van der Waals surface area contributed by atoms with E-state index in [-0.39, 0.29) is 24.7 Å². The summed E-state index contributed by atoms with van der Waals surface area (Å²) in [5, 5.41) is 15.0. The van der Waals surface area contributed by atoms with Gasteiger partial charge in [-0.15, -0.1) is 22.7 Å². The zero-order valence-corrected chi connectivity index (χ0v) is 26.2. The number of rotatable bonds is 16. The lowest BCUT2D eigenvalue weighted by atomic mass is 10.1. The van der Waals surface area contributed by atoms with E-state index in [2.05, 4.69) is 45.1 Å². The van der Waals surface area contributed by atoms with Crippen LogP contribution in [0.2, 0.25) is 0 Å². The van der Waals surface area contributed by atoms with Gasteiger partial charge in [-0.25, -0.2) is 14.6 Å². The molecule has 13 heteroatoms. The molecule has 2 atom stereocenters. The Labute approximate surface area is 255 Å². The third-order valence-electron chi connectivity index (χ3n) is 6.31. The number of aromatic nitrogens is 2. The molecule has 0 saturated carbocycles. The highest BCUT2D eigenvalue weighted by Gasteiger charge is 2.23. The number of nitrogens with one attached hydrogen (secondary N) is 4. The molecule has 228 valence electrons. The molecule has 0 aliphatic rings. The van der Waals surface area contributed by atoms with E-state index in [4.69, 9.17) is 4.74 Å². The monoisotopic (exact) mass is 615 g/mol. The number of nitrogens with zero attached hydrogens (tertiary/aromatic N) is 3. The van der Waals surface area contributed by atoms with E-state index in [1.165, 1.54) is 16.2 Å². The maximum atomic E-state index is 13.2. The van der Waals surface area contributed by atoms with Gasteiger partial charge in [0.15, 0.2) is 0 Å². The van der Waals surface area contributed by atoms with Crippen LogP contribution in [0, 0.1) is 0 Å². The molecule has 0 radical (unpaired) electrons. The molecule has 4 amide bonds. The van der Waals surface area contributed by atoms with Gasteiger partial charge in [0, 0.05) is 37.6 Å². The van der Waals surface area contributed by atoms with Crippen molar-refractivity contribution in [1.29, 1.82) is 0 Å². The highest BCUT2D eigenvalue weighted by atomic mass is 32.1. The maximum Gasteiger partial charge on any atom is 0.407 e. The summed E-state index contributed by atoms with van der Waals surface area (Å²) in [6.07, 6.45) is 2.37. The van der Waals surface area contributed by atoms with Gasteiger partial charge in [0.05, 0.1) is 33.8 Å². The third kappa shape index (κ3) is 11.4. The van der Waals surface area contributed by atoms with Gasteiger partial charge < -0.3 is 25.6 Å². The zero-order chi connectivity index (χ0) is 30.3. The number of benzene rings is 1. The number of ether oxygens (including phenoxy) is 1. The van der Waals surface area contributed by atoms with Gasteiger partial charge >= 0.3 is 12.1 Å². The summed E-state index contributed by atoms with van der Waals surface area (Å²) in [4.78, 5) is 49.1. The first kappa shape index (κ1) is 33.0. The molecule has 2 aromatic heterocycles. The standard InChI is InChI=1S/C29H41N7O4S2/c1-5-24(34-28(38)36(4)16-22-18-41-27(33-22)20(2)3)26(37)35-25(32-14-21-10-7-6-8-11-21)12-9-13-31-29(39)40-17-23-15-30-19-42-23/h6-8,10-11,15,18-20,24-25,32H,5,9,12-14,16-17H2,1-4H3,(H,31,39)(H,34,38)(H,35,37)/t24-,25?/m0/s1. The van der Waals surface area contributed by atoms with Crippen molar-refractivity contribution in [2.45, 2.75) is 77.9 Å². The van der Waals surface area contributed by atoms with Crippen molar-refractivity contribution in [3.63, 3.8) is 0 Å². The van der Waals surface area contributed by atoms with Crippen LogP contribution < -0.4 is 21.3 Å². The Morgan fingerprint density at radius 2 is 1.88 bits per heavy atom. The van der Waals surface area contributed by atoms with Crippen molar-refractivity contribution < 1.29 is 19.1 Å². The summed E-state index contributed by atoms with van der Waals surface area (Å²) in [6.45, 7) is 7.49. The Morgan fingerprint density at radius 1 is 1.10 bits per heavy atom. The lowest BCUT2D eigenvalue weighted by Crippen LogP contribution is -2.54. The molecule has 11 nitrogen and oxygen atoms in total. The molecule has 0 fully saturated rings. The Kier molecular flexibility index (Phi) is 13.7. The Bertz CT molecular complexity index is 1240. The lowest BCUT2D eigenvalue weighted by molar-refractivity contribution is -0.124. The third-order valence-corrected chi connectivity index (χ3v) is 8.26. The number of carbonyl (C=O) groups is 3.